The second-order valence-corrected chi connectivity index (χ2v) is 6.53. The number of ketones is 1. The average Bonchev–Trinajstić information content (AvgIpc) is 2.49. The van der Waals surface area contributed by atoms with Gasteiger partial charge >= 0.3 is 0 Å². The quantitative estimate of drug-likeness (QED) is 0.592. The predicted molar refractivity (Wildman–Crippen MR) is 88.6 cm³/mol. The largest absolute Gasteiger partial charge is 0.497 e. The van der Waals surface area contributed by atoms with Crippen LogP contribution < -0.4 is 4.74 Å². The second-order valence-electron chi connectivity index (χ2n) is 5.12. The highest BCUT2D eigenvalue weighted by Crippen LogP contribution is 2.28. The van der Waals surface area contributed by atoms with E-state index in [2.05, 4.69) is 0 Å². The van der Waals surface area contributed by atoms with Crippen LogP contribution in [0.5, 0.6) is 5.75 Å². The number of hydrogen-bond acceptors (Lipinski definition) is 3. The van der Waals surface area contributed by atoms with E-state index in [1.165, 1.54) is 0 Å². The van der Waals surface area contributed by atoms with Crippen molar-refractivity contribution in [2.75, 3.05) is 7.11 Å². The lowest BCUT2D eigenvalue weighted by Crippen LogP contribution is -2.15. The maximum Gasteiger partial charge on any atom is 0.176 e. The Labute approximate surface area is 130 Å². The van der Waals surface area contributed by atoms with Gasteiger partial charge in [0.1, 0.15) is 5.75 Å². The molecule has 2 aromatic carbocycles. The van der Waals surface area contributed by atoms with Crippen LogP contribution >= 0.6 is 11.8 Å². The molecule has 0 radical (unpaired) electrons. The van der Waals surface area contributed by atoms with Gasteiger partial charge in [0, 0.05) is 10.5 Å². The molecule has 0 saturated heterocycles. The van der Waals surface area contributed by atoms with Gasteiger partial charge in [-0.05, 0) is 56.7 Å². The third-order valence-corrected chi connectivity index (χ3v) is 4.51. The van der Waals surface area contributed by atoms with Crippen molar-refractivity contribution in [3.63, 3.8) is 0 Å². The molecule has 0 fully saturated rings. The molecule has 2 rings (SSSR count). The minimum atomic E-state index is -0.112. The van der Waals surface area contributed by atoms with Crippen molar-refractivity contribution in [1.29, 1.82) is 0 Å². The maximum atomic E-state index is 12.6. The topological polar surface area (TPSA) is 26.3 Å². The number of ether oxygens (including phenoxy) is 1. The van der Waals surface area contributed by atoms with Crippen LogP contribution in [0.3, 0.4) is 0 Å². The lowest BCUT2D eigenvalue weighted by atomic mass is 10.0. The molecule has 0 heterocycles. The molecule has 0 N–H and O–H groups in total. The number of methoxy groups -OCH3 is 1. The zero-order valence-electron chi connectivity index (χ0n) is 12.8. The first-order valence-electron chi connectivity index (χ1n) is 6.93. The molecule has 0 aliphatic carbocycles. The smallest absolute Gasteiger partial charge is 0.176 e. The zero-order valence-corrected chi connectivity index (χ0v) is 13.7. The number of Topliss-reactive ketones (excluding diaryl/α,β-unsaturated/α-hetero) is 1. The monoisotopic (exact) mass is 300 g/mol. The van der Waals surface area contributed by atoms with E-state index in [0.29, 0.717) is 0 Å². The molecule has 1 unspecified atom stereocenters. The zero-order chi connectivity index (χ0) is 15.4. The van der Waals surface area contributed by atoms with Gasteiger partial charge < -0.3 is 4.74 Å². The summed E-state index contributed by atoms with van der Waals surface area (Å²) >= 11 is 1.58. The van der Waals surface area contributed by atoms with Crippen LogP contribution in [0.4, 0.5) is 0 Å². The highest BCUT2D eigenvalue weighted by Gasteiger charge is 2.18. The first-order chi connectivity index (χ1) is 10.0. The summed E-state index contributed by atoms with van der Waals surface area (Å²) in [4.78, 5) is 13.7. The molecule has 0 aliphatic heterocycles. The fourth-order valence-electron chi connectivity index (χ4n) is 2.13. The third-order valence-electron chi connectivity index (χ3n) is 3.40. The van der Waals surface area contributed by atoms with Gasteiger partial charge in [-0.2, -0.15) is 0 Å². The number of thioether (sulfide) groups is 1. The molecular weight excluding hydrogens is 280 g/mol. The van der Waals surface area contributed by atoms with Crippen molar-refractivity contribution >= 4 is 17.5 Å². The van der Waals surface area contributed by atoms with Gasteiger partial charge in [-0.3, -0.25) is 4.79 Å². The summed E-state index contributed by atoms with van der Waals surface area (Å²) in [6, 6.07) is 13.8. The standard InChI is InChI=1S/C18H20O2S/c1-12-5-6-13(2)17(11-12)18(19)14(3)21-16-9-7-15(20-4)8-10-16/h5-11,14H,1-4H3. The van der Waals surface area contributed by atoms with Crippen molar-refractivity contribution in [2.45, 2.75) is 30.9 Å². The van der Waals surface area contributed by atoms with Crippen LogP contribution in [-0.2, 0) is 0 Å². The Bertz CT molecular complexity index is 632. The highest BCUT2D eigenvalue weighted by molar-refractivity contribution is 8.00. The van der Waals surface area contributed by atoms with E-state index < -0.39 is 0 Å². The summed E-state index contributed by atoms with van der Waals surface area (Å²) in [5, 5.41) is -0.112. The van der Waals surface area contributed by atoms with E-state index in [0.717, 1.165) is 27.3 Å². The fourth-order valence-corrected chi connectivity index (χ4v) is 3.07. The predicted octanol–water partition coefficient (Wildman–Crippen LogP) is 4.68. The van der Waals surface area contributed by atoms with E-state index in [-0.39, 0.29) is 11.0 Å². The van der Waals surface area contributed by atoms with Gasteiger partial charge in [0.25, 0.3) is 0 Å². The molecule has 0 amide bonds. The molecule has 2 aromatic rings. The number of carbonyl (C=O) groups excluding carboxylic acids is 1. The van der Waals surface area contributed by atoms with Gasteiger partial charge in [0.2, 0.25) is 0 Å². The van der Waals surface area contributed by atoms with Crippen LogP contribution in [0.15, 0.2) is 47.4 Å². The van der Waals surface area contributed by atoms with Crippen LogP contribution in [0, 0.1) is 13.8 Å². The number of aryl methyl sites for hydroxylation is 2. The van der Waals surface area contributed by atoms with E-state index in [1.54, 1.807) is 18.9 Å². The van der Waals surface area contributed by atoms with Crippen molar-refractivity contribution in [2.24, 2.45) is 0 Å². The van der Waals surface area contributed by atoms with Gasteiger partial charge in [-0.1, -0.05) is 17.7 Å². The molecule has 21 heavy (non-hydrogen) atoms. The SMILES string of the molecule is COc1ccc(SC(C)C(=O)c2cc(C)ccc2C)cc1. The summed E-state index contributed by atoms with van der Waals surface area (Å²) < 4.78 is 5.14. The lowest BCUT2D eigenvalue weighted by molar-refractivity contribution is 0.0993. The second kappa shape index (κ2) is 6.81. The molecule has 2 nitrogen and oxygen atoms in total. The number of benzene rings is 2. The molecule has 1 atom stereocenters. The Kier molecular flexibility index (Phi) is 5.07. The van der Waals surface area contributed by atoms with Gasteiger partial charge in [0.05, 0.1) is 12.4 Å². The molecule has 110 valence electrons. The van der Waals surface area contributed by atoms with Gasteiger partial charge in [-0.25, -0.2) is 0 Å². The fraction of sp³-hybridized carbons (Fsp3) is 0.278. The van der Waals surface area contributed by atoms with Gasteiger partial charge in [0.15, 0.2) is 5.78 Å². The first kappa shape index (κ1) is 15.6. The molecule has 0 bridgehead atoms. The summed E-state index contributed by atoms with van der Waals surface area (Å²) in [6.07, 6.45) is 0. The molecule has 3 heteroatoms. The van der Waals surface area contributed by atoms with Crippen molar-refractivity contribution in [3.8, 4) is 5.75 Å². The summed E-state index contributed by atoms with van der Waals surface area (Å²) in [5.74, 6) is 1.00. The molecule has 0 saturated carbocycles. The van der Waals surface area contributed by atoms with Gasteiger partial charge in [-0.15, -0.1) is 11.8 Å². The minimum absolute atomic E-state index is 0.112. The maximum absolute atomic E-state index is 12.6. The Hall–Kier alpha value is -1.74. The van der Waals surface area contributed by atoms with Crippen LogP contribution in [0.2, 0.25) is 0 Å². The summed E-state index contributed by atoms with van der Waals surface area (Å²) in [6.45, 7) is 5.95. The third kappa shape index (κ3) is 3.88. The van der Waals surface area contributed by atoms with Crippen LogP contribution in [0.25, 0.3) is 0 Å². The number of carbonyl (C=O) groups is 1. The number of hydrogen-bond donors (Lipinski definition) is 0. The molecule has 0 aromatic heterocycles. The van der Waals surface area contributed by atoms with Crippen molar-refractivity contribution in [3.05, 3.63) is 59.2 Å². The van der Waals surface area contributed by atoms with Crippen molar-refractivity contribution in [1.82, 2.24) is 0 Å². The van der Waals surface area contributed by atoms with Crippen LogP contribution in [0.1, 0.15) is 28.4 Å². The number of rotatable bonds is 5. The average molecular weight is 300 g/mol. The Morgan fingerprint density at radius 1 is 1.10 bits per heavy atom. The first-order valence-corrected chi connectivity index (χ1v) is 7.81. The normalized spacial score (nSPS) is 12.0. The van der Waals surface area contributed by atoms with E-state index >= 15 is 0 Å². The van der Waals surface area contributed by atoms with E-state index in [1.807, 2.05) is 63.2 Å². The lowest BCUT2D eigenvalue weighted by Gasteiger charge is -2.13. The molecular formula is C18H20O2S. The van der Waals surface area contributed by atoms with Crippen molar-refractivity contribution < 1.29 is 9.53 Å². The highest BCUT2D eigenvalue weighted by atomic mass is 32.2. The Balaban J connectivity index is 2.13. The van der Waals surface area contributed by atoms with Crippen LogP contribution in [-0.4, -0.2) is 18.1 Å². The molecule has 0 spiro atoms. The Morgan fingerprint density at radius 3 is 2.38 bits per heavy atom. The minimum Gasteiger partial charge on any atom is -0.497 e. The van der Waals surface area contributed by atoms with E-state index in [9.17, 15) is 4.79 Å². The molecule has 0 aliphatic rings. The van der Waals surface area contributed by atoms with E-state index in [4.69, 9.17) is 4.74 Å². The summed E-state index contributed by atoms with van der Waals surface area (Å²) in [5.41, 5.74) is 2.97. The Morgan fingerprint density at radius 2 is 1.76 bits per heavy atom. The summed E-state index contributed by atoms with van der Waals surface area (Å²) in [7, 11) is 1.65.